The van der Waals surface area contributed by atoms with Gasteiger partial charge in [0, 0.05) is 96.7 Å². The first kappa shape index (κ1) is 85.0. The van der Waals surface area contributed by atoms with Crippen LogP contribution in [0.4, 0.5) is 0 Å². The van der Waals surface area contributed by atoms with E-state index in [4.69, 9.17) is 29.8 Å². The Morgan fingerprint density at radius 2 is 1.07 bits per heavy atom. The third-order valence-corrected chi connectivity index (χ3v) is 16.4. The van der Waals surface area contributed by atoms with Gasteiger partial charge in [0.15, 0.2) is 11.6 Å². The Bertz CT molecular complexity index is 2510. The van der Waals surface area contributed by atoms with E-state index in [0.717, 1.165) is 51.4 Å². The number of aromatic amines is 1. The van der Waals surface area contributed by atoms with Crippen molar-refractivity contribution in [1.82, 2.24) is 36.1 Å². The van der Waals surface area contributed by atoms with E-state index in [0.29, 0.717) is 50.8 Å². The van der Waals surface area contributed by atoms with Crippen LogP contribution in [-0.2, 0) is 87.7 Å². The number of Topliss-reactive ketones (excluding diaryl/α,β-unsaturated/α-hetero) is 4. The van der Waals surface area contributed by atoms with Crippen molar-refractivity contribution in [2.24, 2.45) is 17.6 Å². The van der Waals surface area contributed by atoms with E-state index in [1.165, 1.54) is 38.4 Å². The van der Waals surface area contributed by atoms with E-state index in [9.17, 15) is 82.8 Å². The fraction of sp³-hybridized carbons (Fsp3) is 0.758. The molecule has 1 fully saturated rings. The lowest BCUT2D eigenvalue weighted by Crippen LogP contribution is -2.42. The lowest BCUT2D eigenvalue weighted by molar-refractivity contribution is -0.145. The highest BCUT2D eigenvalue weighted by molar-refractivity contribution is 5.92. The number of imidazole rings is 1. The molecule has 30 nitrogen and oxygen atoms in total. The molecule has 6 atom stereocenters. The zero-order chi connectivity index (χ0) is 70.7. The molecule has 4 amide bonds. The molecular weight excluding hydrogens is 1260 g/mol. The third-order valence-electron chi connectivity index (χ3n) is 16.4. The largest absolute Gasteiger partial charge is 0.481 e. The predicted octanol–water partition coefficient (Wildman–Crippen LogP) is 4.50. The quantitative estimate of drug-likeness (QED) is 0.0400. The second-order valence-corrected chi connectivity index (χ2v) is 24.5. The molecule has 1 saturated heterocycles. The molecule has 0 saturated carbocycles. The molecular formula is C66H110N8O22. The number of ether oxygens (including phenoxy) is 4. The van der Waals surface area contributed by atoms with Gasteiger partial charge >= 0.3 is 29.8 Å². The number of aromatic nitrogens is 2. The van der Waals surface area contributed by atoms with Gasteiger partial charge in [0.2, 0.25) is 23.6 Å². The monoisotopic (exact) mass is 1370 g/mol. The minimum Gasteiger partial charge on any atom is -0.481 e. The summed E-state index contributed by atoms with van der Waals surface area (Å²) >= 11 is 0. The molecule has 1 aliphatic rings. The standard InChI is InChI=1S/C66H108N8O22.H2/c67-52(41-49-42-68-46-71-49)56(77)40-47(57(78)43-74-32-17-21-55(74)66(91)92)19-15-16-30-69-58(79)28-24-48(63(85)86)39-50(75)25-26-53(64(87)88)73-61(82)45-96-38-35-93-33-18-20-51(76)44-95-37-36-94-34-31-70-59(80)29-27-54(65(89)90)72-60(81)22-13-11-9-7-5-3-1-2-4-6-8-10-12-14-23-62(83)84;/h42,46-48,52-55H,1-41,43-45,67H2,(H,68,71)(H,69,79)(H,70,80)(H,72,81)(H,73,82)(H,83,84)(H,85,86)(H,87,88)(H,89,90)(H,91,92);1H/t47-,48-,52+,53+,54+,55+;/m1./s1. The summed E-state index contributed by atoms with van der Waals surface area (Å²) in [6.07, 6.45) is 19.1. The molecule has 0 unspecified atom stereocenters. The van der Waals surface area contributed by atoms with Crippen molar-refractivity contribution in [3.05, 3.63) is 18.2 Å². The molecule has 546 valence electrons. The van der Waals surface area contributed by atoms with Crippen molar-refractivity contribution >= 4 is 76.6 Å². The van der Waals surface area contributed by atoms with Crippen molar-refractivity contribution < 1.29 is 108 Å². The van der Waals surface area contributed by atoms with Gasteiger partial charge in [0.25, 0.3) is 0 Å². The number of H-pyrrole nitrogens is 1. The second-order valence-electron chi connectivity index (χ2n) is 24.5. The molecule has 2 rings (SSSR count). The summed E-state index contributed by atoms with van der Waals surface area (Å²) in [7, 11) is 0. The summed E-state index contributed by atoms with van der Waals surface area (Å²) in [5.41, 5.74) is 6.81. The van der Waals surface area contributed by atoms with Crippen LogP contribution >= 0.6 is 0 Å². The van der Waals surface area contributed by atoms with Crippen LogP contribution in [0.1, 0.15) is 206 Å². The van der Waals surface area contributed by atoms with Gasteiger partial charge in [-0.2, -0.15) is 0 Å². The maximum atomic E-state index is 13.5. The molecule has 0 aliphatic carbocycles. The molecule has 0 radical (unpaired) electrons. The highest BCUT2D eigenvalue weighted by Crippen LogP contribution is 2.23. The van der Waals surface area contributed by atoms with Gasteiger partial charge in [-0.1, -0.05) is 83.5 Å². The highest BCUT2D eigenvalue weighted by atomic mass is 16.5. The average Bonchev–Trinajstić information content (AvgIpc) is 1.79. The van der Waals surface area contributed by atoms with E-state index < -0.39 is 102 Å². The zero-order valence-electron chi connectivity index (χ0n) is 55.9. The molecule has 0 bridgehead atoms. The number of hydrogen-bond donors (Lipinski definition) is 11. The smallest absolute Gasteiger partial charge is 0.326 e. The van der Waals surface area contributed by atoms with Crippen LogP contribution in [0.3, 0.4) is 0 Å². The maximum Gasteiger partial charge on any atom is 0.326 e. The number of likely N-dealkylation sites (tertiary alicyclic amines) is 1. The predicted molar refractivity (Wildman–Crippen MR) is 349 cm³/mol. The Balaban J connectivity index is 0.0000470. The van der Waals surface area contributed by atoms with Crippen molar-refractivity contribution in [3.63, 3.8) is 0 Å². The number of aliphatic carboxylic acids is 5. The van der Waals surface area contributed by atoms with Crippen LogP contribution in [0.25, 0.3) is 0 Å². The lowest BCUT2D eigenvalue weighted by atomic mass is 9.89. The van der Waals surface area contributed by atoms with E-state index in [1.54, 1.807) is 11.1 Å². The molecule has 1 aromatic rings. The average molecular weight is 1370 g/mol. The number of carboxylic acid groups (broad SMARTS) is 5. The number of carboxylic acids is 5. The number of amides is 4. The summed E-state index contributed by atoms with van der Waals surface area (Å²) in [4.78, 5) is 168. The number of ketones is 4. The first-order valence-electron chi connectivity index (χ1n) is 34.2. The molecule has 12 N–H and O–H groups in total. The van der Waals surface area contributed by atoms with Crippen molar-refractivity contribution in [3.8, 4) is 0 Å². The normalized spacial score (nSPS) is 14.6. The van der Waals surface area contributed by atoms with Crippen LogP contribution in [0.2, 0.25) is 0 Å². The van der Waals surface area contributed by atoms with E-state index >= 15 is 0 Å². The van der Waals surface area contributed by atoms with Crippen LogP contribution in [0.5, 0.6) is 0 Å². The van der Waals surface area contributed by atoms with Gasteiger partial charge < -0.3 is 76.5 Å². The summed E-state index contributed by atoms with van der Waals surface area (Å²) < 4.78 is 21.5. The van der Waals surface area contributed by atoms with Crippen molar-refractivity contribution in [1.29, 1.82) is 0 Å². The van der Waals surface area contributed by atoms with Crippen LogP contribution in [-0.4, -0.2) is 220 Å². The highest BCUT2D eigenvalue weighted by Gasteiger charge is 2.34. The van der Waals surface area contributed by atoms with Gasteiger partial charge in [-0.25, -0.2) is 14.6 Å². The number of carbonyl (C=O) groups is 13. The van der Waals surface area contributed by atoms with Gasteiger partial charge in [-0.3, -0.25) is 57.6 Å². The summed E-state index contributed by atoms with van der Waals surface area (Å²) in [6.45, 7) is 0.594. The van der Waals surface area contributed by atoms with Gasteiger partial charge in [-0.05, 0) is 70.8 Å². The topological polar surface area (TPSA) is 466 Å². The Kier molecular flexibility index (Phi) is 46.9. The fourth-order valence-electron chi connectivity index (χ4n) is 10.8. The van der Waals surface area contributed by atoms with Gasteiger partial charge in [0.05, 0.1) is 57.9 Å². The van der Waals surface area contributed by atoms with Crippen molar-refractivity contribution in [2.75, 3.05) is 79.0 Å². The molecule has 96 heavy (non-hydrogen) atoms. The van der Waals surface area contributed by atoms with Gasteiger partial charge in [0.1, 0.15) is 42.9 Å². The molecule has 1 aliphatic heterocycles. The van der Waals surface area contributed by atoms with Crippen LogP contribution in [0.15, 0.2) is 12.5 Å². The summed E-state index contributed by atoms with van der Waals surface area (Å²) in [5, 5.41) is 57.5. The van der Waals surface area contributed by atoms with E-state index in [-0.39, 0.29) is 168 Å². The summed E-state index contributed by atoms with van der Waals surface area (Å²) in [5.74, 6) is -11.1. The van der Waals surface area contributed by atoms with Gasteiger partial charge in [-0.15, -0.1) is 0 Å². The van der Waals surface area contributed by atoms with Crippen molar-refractivity contribution in [2.45, 2.75) is 230 Å². The minimum absolute atomic E-state index is 0. The van der Waals surface area contributed by atoms with E-state index in [2.05, 4.69) is 31.2 Å². The molecule has 0 spiro atoms. The number of unbranched alkanes of at least 4 members (excludes halogenated alkanes) is 14. The number of carbonyl (C=O) groups excluding carboxylic acids is 8. The zero-order valence-corrected chi connectivity index (χ0v) is 55.9. The van der Waals surface area contributed by atoms with Crippen LogP contribution < -0.4 is 27.0 Å². The third kappa shape index (κ3) is 43.1. The van der Waals surface area contributed by atoms with E-state index in [1.807, 2.05) is 0 Å². The first-order chi connectivity index (χ1) is 46.1. The second kappa shape index (κ2) is 53.0. The maximum absolute atomic E-state index is 13.5. The molecule has 1 aromatic heterocycles. The fourth-order valence-corrected chi connectivity index (χ4v) is 10.8. The first-order valence-corrected chi connectivity index (χ1v) is 34.2. The number of nitrogens with zero attached hydrogens (tertiary/aromatic N) is 2. The molecule has 0 aromatic carbocycles. The lowest BCUT2D eigenvalue weighted by Gasteiger charge is -2.24. The SMILES string of the molecule is N[C@@H](Cc1cnc[nH]1)C(=O)C[C@@H](CCCCNC(=O)CC[C@H](CC(=O)CC[C@H](NC(=O)COCCOCCCC(=O)COCCOCCNC(=O)CC[C@H](NC(=O)CCCCCCCCCCCCCCCCC(=O)O)C(=O)O)C(=O)O)C(=O)O)C(=O)CN1CCC[C@H]1C(=O)O.[HH]. The summed E-state index contributed by atoms with van der Waals surface area (Å²) in [6, 6.07) is -4.35. The minimum atomic E-state index is -1.48. The Morgan fingerprint density at radius 1 is 0.521 bits per heavy atom. The Hall–Kier alpha value is -7.12. The number of nitrogens with one attached hydrogen (secondary N) is 5. The number of nitrogens with two attached hydrogens (primary N) is 1. The Morgan fingerprint density at radius 3 is 1.66 bits per heavy atom. The number of rotatable bonds is 64. The molecule has 2 heterocycles. The Labute approximate surface area is 563 Å². The van der Waals surface area contributed by atoms with Crippen LogP contribution in [0, 0.1) is 11.8 Å². The number of hydrogen-bond acceptors (Lipinski definition) is 20. The molecule has 30 heteroatoms.